The molecule has 1 heterocycles. The molecule has 0 radical (unpaired) electrons. The fourth-order valence-electron chi connectivity index (χ4n) is 4.79. The predicted octanol–water partition coefficient (Wildman–Crippen LogP) is 4.40. The van der Waals surface area contributed by atoms with Gasteiger partial charge in [0.15, 0.2) is 11.5 Å². The topological polar surface area (TPSA) is 21.7 Å². The lowest BCUT2D eigenvalue weighted by molar-refractivity contribution is 0.104. The van der Waals surface area contributed by atoms with Crippen LogP contribution in [-0.4, -0.2) is 31.7 Å². The molecule has 0 saturated carbocycles. The van der Waals surface area contributed by atoms with E-state index in [-0.39, 0.29) is 0 Å². The number of ether oxygens (including phenoxy) is 2. The van der Waals surface area contributed by atoms with E-state index in [2.05, 4.69) is 47.4 Å². The molecule has 2 atom stereocenters. The second-order valence-electron chi connectivity index (χ2n) is 7.18. The summed E-state index contributed by atoms with van der Waals surface area (Å²) in [6.45, 7) is 2.27. The summed E-state index contributed by atoms with van der Waals surface area (Å²) >= 11 is 0. The lowest BCUT2D eigenvalue weighted by atomic mass is 9.74. The molecule has 132 valence electrons. The Balaban J connectivity index is 1.63. The van der Waals surface area contributed by atoms with Gasteiger partial charge < -0.3 is 9.47 Å². The van der Waals surface area contributed by atoms with Crippen LogP contribution in [0.25, 0.3) is 0 Å². The van der Waals surface area contributed by atoms with Gasteiger partial charge in [0, 0.05) is 18.2 Å². The average Bonchev–Trinajstić information content (AvgIpc) is 2.67. The maximum atomic E-state index is 5.70. The third kappa shape index (κ3) is 3.02. The molecule has 0 amide bonds. The largest absolute Gasteiger partial charge is 0.493 e. The van der Waals surface area contributed by atoms with Gasteiger partial charge in [0.25, 0.3) is 0 Å². The molecule has 2 aromatic carbocycles. The van der Waals surface area contributed by atoms with E-state index in [4.69, 9.17) is 9.47 Å². The van der Waals surface area contributed by atoms with E-state index in [1.165, 1.54) is 42.5 Å². The van der Waals surface area contributed by atoms with Crippen molar-refractivity contribution in [2.24, 2.45) is 0 Å². The third-order valence-corrected chi connectivity index (χ3v) is 5.90. The molecule has 25 heavy (non-hydrogen) atoms. The zero-order valence-electron chi connectivity index (χ0n) is 15.2. The lowest BCUT2D eigenvalue weighted by Gasteiger charge is -2.45. The second-order valence-corrected chi connectivity index (χ2v) is 7.18. The van der Waals surface area contributed by atoms with Gasteiger partial charge >= 0.3 is 0 Å². The molecule has 0 aromatic heterocycles. The molecule has 3 nitrogen and oxygen atoms in total. The van der Waals surface area contributed by atoms with Crippen LogP contribution in [0, 0.1) is 0 Å². The molecule has 1 aliphatic heterocycles. The molecule has 4 rings (SSSR count). The van der Waals surface area contributed by atoms with E-state index < -0.39 is 0 Å². The maximum Gasteiger partial charge on any atom is 0.164 e. The fraction of sp³-hybridized carbons (Fsp3) is 0.455. The number of benzene rings is 2. The monoisotopic (exact) mass is 337 g/mol. The number of hydrogen-bond acceptors (Lipinski definition) is 3. The molecule has 1 unspecified atom stereocenters. The van der Waals surface area contributed by atoms with Gasteiger partial charge in [0.1, 0.15) is 0 Å². The number of hydrogen-bond donors (Lipinski definition) is 0. The minimum atomic E-state index is 0.612. The Hall–Kier alpha value is -2.00. The first-order chi connectivity index (χ1) is 12.3. The second kappa shape index (κ2) is 7.09. The van der Waals surface area contributed by atoms with Crippen molar-refractivity contribution in [1.82, 2.24) is 4.90 Å². The van der Waals surface area contributed by atoms with Crippen molar-refractivity contribution in [3.8, 4) is 11.5 Å². The Kier molecular flexibility index (Phi) is 4.67. The first kappa shape index (κ1) is 16.5. The van der Waals surface area contributed by atoms with E-state index in [1.807, 2.05) is 0 Å². The Morgan fingerprint density at radius 2 is 1.84 bits per heavy atom. The quantitative estimate of drug-likeness (QED) is 0.825. The molecule has 2 aromatic rings. The van der Waals surface area contributed by atoms with Crippen molar-refractivity contribution >= 4 is 0 Å². The average molecular weight is 337 g/mol. The smallest absolute Gasteiger partial charge is 0.164 e. The van der Waals surface area contributed by atoms with Gasteiger partial charge in [-0.3, -0.25) is 4.90 Å². The molecule has 0 bridgehead atoms. The molecule has 1 fully saturated rings. The van der Waals surface area contributed by atoms with Crippen molar-refractivity contribution in [3.05, 3.63) is 59.2 Å². The minimum absolute atomic E-state index is 0.612. The summed E-state index contributed by atoms with van der Waals surface area (Å²) in [7, 11) is 3.48. The Morgan fingerprint density at radius 3 is 2.60 bits per heavy atom. The Bertz CT molecular complexity index is 728. The van der Waals surface area contributed by atoms with Gasteiger partial charge in [-0.2, -0.15) is 0 Å². The highest BCUT2D eigenvalue weighted by molar-refractivity contribution is 5.53. The normalized spacial score (nSPS) is 22.8. The van der Waals surface area contributed by atoms with Crippen molar-refractivity contribution in [3.63, 3.8) is 0 Å². The van der Waals surface area contributed by atoms with Crippen LogP contribution in [0.2, 0.25) is 0 Å². The van der Waals surface area contributed by atoms with Crippen LogP contribution in [0.3, 0.4) is 0 Å². The first-order valence-electron chi connectivity index (χ1n) is 9.33. The van der Waals surface area contributed by atoms with Crippen molar-refractivity contribution < 1.29 is 9.47 Å². The van der Waals surface area contributed by atoms with Gasteiger partial charge in [-0.1, -0.05) is 36.4 Å². The summed E-state index contributed by atoms with van der Waals surface area (Å²) in [5, 5.41) is 0. The molecule has 3 heteroatoms. The SMILES string of the molecule is COc1ccc2c(c1OC)CCC1[C@H]2CCCN1Cc1ccccc1. The van der Waals surface area contributed by atoms with Crippen molar-refractivity contribution in [2.45, 2.75) is 44.2 Å². The van der Waals surface area contributed by atoms with E-state index in [9.17, 15) is 0 Å². The van der Waals surface area contributed by atoms with Crippen LogP contribution in [0.1, 0.15) is 41.9 Å². The van der Waals surface area contributed by atoms with Crippen LogP contribution in [0.5, 0.6) is 11.5 Å². The highest BCUT2D eigenvalue weighted by Gasteiger charge is 2.37. The maximum absolute atomic E-state index is 5.70. The third-order valence-electron chi connectivity index (χ3n) is 5.90. The first-order valence-corrected chi connectivity index (χ1v) is 9.33. The van der Waals surface area contributed by atoms with Crippen LogP contribution < -0.4 is 9.47 Å². The minimum Gasteiger partial charge on any atom is -0.493 e. The number of nitrogens with zero attached hydrogens (tertiary/aromatic N) is 1. The van der Waals surface area contributed by atoms with Crippen LogP contribution >= 0.6 is 0 Å². The zero-order valence-corrected chi connectivity index (χ0v) is 15.2. The van der Waals surface area contributed by atoms with E-state index >= 15 is 0 Å². The molecule has 1 saturated heterocycles. The number of methoxy groups -OCH3 is 2. The summed E-state index contributed by atoms with van der Waals surface area (Å²) in [5.41, 5.74) is 4.26. The Labute approximate surface area is 150 Å². The predicted molar refractivity (Wildman–Crippen MR) is 100 cm³/mol. The lowest BCUT2D eigenvalue weighted by Crippen LogP contribution is -2.45. The van der Waals surface area contributed by atoms with Crippen LogP contribution in [0.15, 0.2) is 42.5 Å². The van der Waals surface area contributed by atoms with Gasteiger partial charge in [-0.05, 0) is 55.3 Å². The van der Waals surface area contributed by atoms with E-state index in [1.54, 1.807) is 14.2 Å². The van der Waals surface area contributed by atoms with Crippen molar-refractivity contribution in [1.29, 1.82) is 0 Å². The molecule has 0 N–H and O–H groups in total. The summed E-state index contributed by atoms with van der Waals surface area (Å²) in [6, 6.07) is 15.9. The standard InChI is InChI=1S/C22H27NO2/c1-24-21-13-11-17-18-9-6-14-23(15-16-7-4-3-5-8-16)20(18)12-10-19(17)22(21)25-2/h3-5,7-8,11,13,18,20H,6,9-10,12,14-15H2,1-2H3/t18-,20?/m0/s1. The number of piperidine rings is 1. The fourth-order valence-corrected chi connectivity index (χ4v) is 4.79. The van der Waals surface area contributed by atoms with E-state index in [0.29, 0.717) is 12.0 Å². The number of fused-ring (bicyclic) bond motifs is 3. The van der Waals surface area contributed by atoms with Gasteiger partial charge in [-0.15, -0.1) is 0 Å². The molecule has 1 aliphatic carbocycles. The summed E-state index contributed by atoms with van der Waals surface area (Å²) in [5.74, 6) is 2.41. The molecule has 0 spiro atoms. The summed E-state index contributed by atoms with van der Waals surface area (Å²) < 4.78 is 11.2. The molecular weight excluding hydrogens is 310 g/mol. The van der Waals surface area contributed by atoms with Crippen molar-refractivity contribution in [2.75, 3.05) is 20.8 Å². The zero-order chi connectivity index (χ0) is 17.2. The van der Waals surface area contributed by atoms with Gasteiger partial charge in [-0.25, -0.2) is 0 Å². The Morgan fingerprint density at radius 1 is 1.00 bits per heavy atom. The van der Waals surface area contributed by atoms with Gasteiger partial charge in [0.2, 0.25) is 0 Å². The van der Waals surface area contributed by atoms with Crippen LogP contribution in [0.4, 0.5) is 0 Å². The van der Waals surface area contributed by atoms with Crippen LogP contribution in [-0.2, 0) is 13.0 Å². The summed E-state index contributed by atoms with van der Waals surface area (Å²) in [4.78, 5) is 2.70. The molecule has 2 aliphatic rings. The highest BCUT2D eigenvalue weighted by Crippen LogP contribution is 2.46. The number of rotatable bonds is 4. The van der Waals surface area contributed by atoms with Gasteiger partial charge in [0.05, 0.1) is 14.2 Å². The van der Waals surface area contributed by atoms with E-state index in [0.717, 1.165) is 24.5 Å². The highest BCUT2D eigenvalue weighted by atomic mass is 16.5. The summed E-state index contributed by atoms with van der Waals surface area (Å²) in [6.07, 6.45) is 4.82. The number of likely N-dealkylation sites (tertiary alicyclic amines) is 1. The molecular formula is C22H27NO2.